The Bertz CT molecular complexity index is 226. The van der Waals surface area contributed by atoms with Crippen LogP contribution < -0.4 is 0 Å². The van der Waals surface area contributed by atoms with Gasteiger partial charge in [-0.2, -0.15) is 0 Å². The van der Waals surface area contributed by atoms with Crippen LogP contribution in [0.25, 0.3) is 0 Å². The lowest BCUT2D eigenvalue weighted by Gasteiger charge is -2.31. The van der Waals surface area contributed by atoms with Gasteiger partial charge in [0.05, 0.1) is 0 Å². The second-order valence-electron chi connectivity index (χ2n) is 8.07. The molecule has 0 nitrogen and oxygen atoms in total. The molecule has 0 aromatic carbocycles. The average molecular weight is 279 g/mol. The monoisotopic (exact) mass is 278 g/mol. The zero-order valence-corrected chi connectivity index (χ0v) is 14.2. The van der Waals surface area contributed by atoms with E-state index in [1.807, 2.05) is 0 Å². The summed E-state index contributed by atoms with van der Waals surface area (Å²) in [7, 11) is 0. The Hall–Kier alpha value is 0. The highest BCUT2D eigenvalue weighted by Crippen LogP contribution is 2.37. The highest BCUT2D eigenvalue weighted by Gasteiger charge is 2.22. The first kappa shape index (κ1) is 16.4. The third-order valence-corrected chi connectivity index (χ3v) is 6.33. The predicted molar refractivity (Wildman–Crippen MR) is 89.9 cm³/mol. The molecule has 0 aromatic heterocycles. The van der Waals surface area contributed by atoms with Gasteiger partial charge in [-0.25, -0.2) is 0 Å². The first-order valence-corrected chi connectivity index (χ1v) is 9.78. The fourth-order valence-corrected chi connectivity index (χ4v) is 4.36. The van der Waals surface area contributed by atoms with Gasteiger partial charge >= 0.3 is 0 Å². The van der Waals surface area contributed by atoms with Crippen molar-refractivity contribution in [3.05, 3.63) is 0 Å². The van der Waals surface area contributed by atoms with Crippen molar-refractivity contribution in [2.24, 2.45) is 23.7 Å². The van der Waals surface area contributed by atoms with Gasteiger partial charge in [0.15, 0.2) is 0 Å². The molecule has 0 aliphatic heterocycles. The molecule has 3 fully saturated rings. The van der Waals surface area contributed by atoms with Gasteiger partial charge in [-0.05, 0) is 30.1 Å². The van der Waals surface area contributed by atoms with Crippen molar-refractivity contribution in [2.45, 2.75) is 104 Å². The van der Waals surface area contributed by atoms with Gasteiger partial charge < -0.3 is 0 Å². The van der Waals surface area contributed by atoms with E-state index in [1.165, 1.54) is 57.8 Å². The molecule has 20 heavy (non-hydrogen) atoms. The minimum absolute atomic E-state index is 1.02. The van der Waals surface area contributed by atoms with Crippen molar-refractivity contribution in [1.29, 1.82) is 0 Å². The molecule has 0 unspecified atom stereocenters. The molecule has 0 N–H and O–H groups in total. The molecular weight excluding hydrogens is 240 g/mol. The summed E-state index contributed by atoms with van der Waals surface area (Å²) in [6.07, 6.45) is 21.3. The van der Waals surface area contributed by atoms with Gasteiger partial charge in [0.2, 0.25) is 0 Å². The molecule has 0 heterocycles. The van der Waals surface area contributed by atoms with Crippen molar-refractivity contribution >= 4 is 0 Å². The van der Waals surface area contributed by atoms with Crippen molar-refractivity contribution in [2.75, 3.05) is 0 Å². The maximum absolute atomic E-state index is 2.38. The van der Waals surface area contributed by atoms with Crippen molar-refractivity contribution in [3.8, 4) is 0 Å². The van der Waals surface area contributed by atoms with Crippen LogP contribution in [0.1, 0.15) is 104 Å². The third kappa shape index (κ3) is 5.78. The van der Waals surface area contributed by atoms with Crippen LogP contribution in [-0.2, 0) is 0 Å². The second-order valence-corrected chi connectivity index (χ2v) is 8.07. The van der Waals surface area contributed by atoms with E-state index in [0.717, 1.165) is 23.7 Å². The van der Waals surface area contributed by atoms with E-state index in [2.05, 4.69) is 13.8 Å². The minimum Gasteiger partial charge on any atom is -0.0651 e. The normalized spacial score (nSPS) is 32.1. The Balaban J connectivity index is 0.000000151. The Kier molecular flexibility index (Phi) is 7.45. The lowest BCUT2D eigenvalue weighted by atomic mass is 9.75. The van der Waals surface area contributed by atoms with E-state index < -0.39 is 0 Å². The first-order chi connectivity index (χ1) is 9.78. The quantitative estimate of drug-likeness (QED) is 0.522. The number of hydrogen-bond donors (Lipinski definition) is 0. The molecule has 3 rings (SSSR count). The summed E-state index contributed by atoms with van der Waals surface area (Å²) in [5, 5.41) is 0. The zero-order chi connectivity index (χ0) is 14.2. The molecule has 0 heteroatoms. The molecule has 3 saturated carbocycles. The van der Waals surface area contributed by atoms with Crippen LogP contribution in [0.5, 0.6) is 0 Å². The molecule has 0 radical (unpaired) electrons. The lowest BCUT2D eigenvalue weighted by Crippen LogP contribution is -2.17. The second kappa shape index (κ2) is 9.11. The average Bonchev–Trinajstić information content (AvgIpc) is 2.46. The minimum atomic E-state index is 1.02. The van der Waals surface area contributed by atoms with E-state index in [-0.39, 0.29) is 0 Å². The summed E-state index contributed by atoms with van der Waals surface area (Å²) in [5.74, 6) is 4.38. The highest BCUT2D eigenvalue weighted by molar-refractivity contribution is 4.75. The molecule has 0 amide bonds. The maximum atomic E-state index is 2.38. The van der Waals surface area contributed by atoms with Crippen LogP contribution in [0.4, 0.5) is 0 Å². The summed E-state index contributed by atoms with van der Waals surface area (Å²) in [6.45, 7) is 4.70. The molecule has 3 aliphatic rings. The van der Waals surface area contributed by atoms with Crippen LogP contribution in [0.2, 0.25) is 0 Å². The summed E-state index contributed by atoms with van der Waals surface area (Å²) in [6, 6.07) is 0. The SMILES string of the molecule is C1CCC(CC2CCC2)CC1.CCC1CCC(C)CC1. The van der Waals surface area contributed by atoms with Crippen LogP contribution >= 0.6 is 0 Å². The van der Waals surface area contributed by atoms with Gasteiger partial charge in [-0.15, -0.1) is 0 Å². The van der Waals surface area contributed by atoms with Crippen LogP contribution in [0.3, 0.4) is 0 Å². The molecule has 0 spiro atoms. The van der Waals surface area contributed by atoms with Gasteiger partial charge in [0.25, 0.3) is 0 Å². The summed E-state index contributed by atoms with van der Waals surface area (Å²) >= 11 is 0. The van der Waals surface area contributed by atoms with E-state index in [9.17, 15) is 0 Å². The molecular formula is C20H38. The molecule has 3 aliphatic carbocycles. The summed E-state index contributed by atoms with van der Waals surface area (Å²) in [4.78, 5) is 0. The summed E-state index contributed by atoms with van der Waals surface area (Å²) in [5.41, 5.74) is 0. The third-order valence-electron chi connectivity index (χ3n) is 6.33. The van der Waals surface area contributed by atoms with Crippen molar-refractivity contribution in [1.82, 2.24) is 0 Å². The van der Waals surface area contributed by atoms with Crippen LogP contribution in [0, 0.1) is 23.7 Å². The fourth-order valence-electron chi connectivity index (χ4n) is 4.36. The highest BCUT2D eigenvalue weighted by atomic mass is 14.3. The largest absolute Gasteiger partial charge is 0.0651 e. The van der Waals surface area contributed by atoms with E-state index >= 15 is 0 Å². The molecule has 0 aromatic rings. The molecule has 0 bridgehead atoms. The first-order valence-electron chi connectivity index (χ1n) is 9.78. The van der Waals surface area contributed by atoms with Gasteiger partial charge in [-0.1, -0.05) is 97.3 Å². The Morgan fingerprint density at radius 2 is 1.15 bits per heavy atom. The van der Waals surface area contributed by atoms with Crippen molar-refractivity contribution < 1.29 is 0 Å². The molecule has 0 saturated heterocycles. The van der Waals surface area contributed by atoms with E-state index in [4.69, 9.17) is 0 Å². The van der Waals surface area contributed by atoms with Gasteiger partial charge in [-0.3, -0.25) is 0 Å². The Labute approximate surface area is 128 Å². The molecule has 118 valence electrons. The molecule has 0 atom stereocenters. The topological polar surface area (TPSA) is 0 Å². The Morgan fingerprint density at radius 1 is 0.600 bits per heavy atom. The van der Waals surface area contributed by atoms with Crippen LogP contribution in [0.15, 0.2) is 0 Å². The lowest BCUT2D eigenvalue weighted by molar-refractivity contribution is 0.215. The standard InChI is InChI=1S/C11H20.C9H18/c1-2-5-10(6-3-1)9-11-7-4-8-11;1-3-9-6-4-8(2)5-7-9/h10-11H,1-9H2;8-9H,3-7H2,1-2H3. The fraction of sp³-hybridized carbons (Fsp3) is 1.00. The predicted octanol–water partition coefficient (Wildman–Crippen LogP) is 6.98. The smallest absolute Gasteiger partial charge is 0.0412 e. The van der Waals surface area contributed by atoms with Crippen molar-refractivity contribution in [3.63, 3.8) is 0 Å². The van der Waals surface area contributed by atoms with Crippen LogP contribution in [-0.4, -0.2) is 0 Å². The number of rotatable bonds is 3. The zero-order valence-electron chi connectivity index (χ0n) is 14.2. The Morgan fingerprint density at radius 3 is 1.60 bits per heavy atom. The number of hydrogen-bond acceptors (Lipinski definition) is 0. The summed E-state index contributed by atoms with van der Waals surface area (Å²) < 4.78 is 0. The van der Waals surface area contributed by atoms with E-state index in [0.29, 0.717) is 0 Å². The maximum Gasteiger partial charge on any atom is -0.0412 e. The van der Waals surface area contributed by atoms with E-state index in [1.54, 1.807) is 32.1 Å². The van der Waals surface area contributed by atoms with Gasteiger partial charge in [0.1, 0.15) is 0 Å². The van der Waals surface area contributed by atoms with Gasteiger partial charge in [0, 0.05) is 0 Å².